The Labute approximate surface area is 80.1 Å². The van der Waals surface area contributed by atoms with Gasteiger partial charge >= 0.3 is 0 Å². The molecule has 5 heteroatoms. The number of thiazole rings is 1. The third-order valence-electron chi connectivity index (χ3n) is 1.41. The van der Waals surface area contributed by atoms with E-state index in [1.807, 2.05) is 19.1 Å². The van der Waals surface area contributed by atoms with Crippen molar-refractivity contribution in [1.29, 1.82) is 0 Å². The zero-order valence-corrected chi connectivity index (χ0v) is 8.08. The molecule has 2 rings (SSSR count). The predicted octanol–water partition coefficient (Wildman–Crippen LogP) is 2.00. The minimum atomic E-state index is 0. The SMILES string of the molecule is Cc1ccc2nc(N)sc2n1.Cl. The molecule has 3 nitrogen and oxygen atoms in total. The third kappa shape index (κ3) is 1.49. The van der Waals surface area contributed by atoms with Crippen molar-refractivity contribution in [2.45, 2.75) is 6.92 Å². The van der Waals surface area contributed by atoms with Gasteiger partial charge in [0, 0.05) is 5.69 Å². The van der Waals surface area contributed by atoms with Crippen LogP contribution in [0.4, 0.5) is 5.13 Å². The summed E-state index contributed by atoms with van der Waals surface area (Å²) in [5.41, 5.74) is 7.40. The number of aryl methyl sites for hydroxylation is 1. The monoisotopic (exact) mass is 201 g/mol. The standard InChI is InChI=1S/C7H7N3S.ClH/c1-4-2-3-5-6(9-4)11-7(8)10-5;/h2-3H,1H3,(H2,8,10);1H. The third-order valence-corrected chi connectivity index (χ3v) is 2.21. The molecule has 0 amide bonds. The summed E-state index contributed by atoms with van der Waals surface area (Å²) in [5.74, 6) is 0. The van der Waals surface area contributed by atoms with Crippen molar-refractivity contribution in [3.63, 3.8) is 0 Å². The number of nitrogens with zero attached hydrogens (tertiary/aromatic N) is 2. The van der Waals surface area contributed by atoms with E-state index in [1.54, 1.807) is 0 Å². The number of pyridine rings is 1. The molecule has 0 saturated heterocycles. The van der Waals surface area contributed by atoms with Gasteiger partial charge in [-0.1, -0.05) is 11.3 Å². The second-order valence-corrected chi connectivity index (χ2v) is 3.34. The Morgan fingerprint density at radius 1 is 1.33 bits per heavy atom. The highest BCUT2D eigenvalue weighted by Gasteiger charge is 2.00. The van der Waals surface area contributed by atoms with Crippen molar-refractivity contribution in [2.24, 2.45) is 0 Å². The number of nitrogen functional groups attached to an aromatic ring is 1. The van der Waals surface area contributed by atoms with Gasteiger partial charge in [-0.2, -0.15) is 0 Å². The van der Waals surface area contributed by atoms with Crippen LogP contribution in [0.25, 0.3) is 10.3 Å². The minimum absolute atomic E-state index is 0. The van der Waals surface area contributed by atoms with Crippen LogP contribution in [0.5, 0.6) is 0 Å². The van der Waals surface area contributed by atoms with Crippen molar-refractivity contribution in [3.05, 3.63) is 17.8 Å². The molecule has 64 valence electrons. The van der Waals surface area contributed by atoms with E-state index >= 15 is 0 Å². The van der Waals surface area contributed by atoms with Crippen molar-refractivity contribution in [3.8, 4) is 0 Å². The van der Waals surface area contributed by atoms with E-state index in [4.69, 9.17) is 5.73 Å². The Morgan fingerprint density at radius 2 is 2.08 bits per heavy atom. The van der Waals surface area contributed by atoms with Crippen LogP contribution in [0, 0.1) is 6.92 Å². The number of hydrogen-bond donors (Lipinski definition) is 1. The van der Waals surface area contributed by atoms with Gasteiger partial charge in [-0.15, -0.1) is 12.4 Å². The predicted molar refractivity (Wildman–Crippen MR) is 53.8 cm³/mol. The summed E-state index contributed by atoms with van der Waals surface area (Å²) < 4.78 is 0. The largest absolute Gasteiger partial charge is 0.375 e. The Kier molecular flexibility index (Phi) is 2.49. The van der Waals surface area contributed by atoms with Gasteiger partial charge < -0.3 is 5.73 Å². The van der Waals surface area contributed by atoms with Crippen LogP contribution in [-0.4, -0.2) is 9.97 Å². The van der Waals surface area contributed by atoms with Gasteiger partial charge in [-0.05, 0) is 19.1 Å². The summed E-state index contributed by atoms with van der Waals surface area (Å²) in [7, 11) is 0. The Balaban J connectivity index is 0.000000720. The van der Waals surface area contributed by atoms with Crippen LogP contribution in [0.1, 0.15) is 5.69 Å². The second kappa shape index (κ2) is 3.25. The van der Waals surface area contributed by atoms with E-state index in [-0.39, 0.29) is 12.4 Å². The van der Waals surface area contributed by atoms with Gasteiger partial charge in [0.2, 0.25) is 0 Å². The number of anilines is 1. The second-order valence-electron chi connectivity index (χ2n) is 2.33. The van der Waals surface area contributed by atoms with E-state index in [2.05, 4.69) is 9.97 Å². The number of fused-ring (bicyclic) bond motifs is 1. The summed E-state index contributed by atoms with van der Waals surface area (Å²) in [6.45, 7) is 1.95. The molecule has 2 heterocycles. The highest BCUT2D eigenvalue weighted by molar-refractivity contribution is 7.21. The number of hydrogen-bond acceptors (Lipinski definition) is 4. The van der Waals surface area contributed by atoms with Gasteiger partial charge in [-0.3, -0.25) is 0 Å². The molecular weight excluding hydrogens is 194 g/mol. The number of aromatic nitrogens is 2. The fourth-order valence-corrected chi connectivity index (χ4v) is 1.68. The molecule has 0 bridgehead atoms. The van der Waals surface area contributed by atoms with Gasteiger partial charge in [0.15, 0.2) is 5.13 Å². The molecule has 2 N–H and O–H groups in total. The zero-order valence-electron chi connectivity index (χ0n) is 6.44. The van der Waals surface area contributed by atoms with Crippen molar-refractivity contribution < 1.29 is 0 Å². The Morgan fingerprint density at radius 3 is 2.83 bits per heavy atom. The maximum atomic E-state index is 5.51. The summed E-state index contributed by atoms with van der Waals surface area (Å²) in [4.78, 5) is 9.28. The first-order valence-corrected chi connectivity index (χ1v) is 4.07. The molecule has 0 aliphatic rings. The fourth-order valence-electron chi connectivity index (χ4n) is 0.926. The topological polar surface area (TPSA) is 51.8 Å². The van der Waals surface area contributed by atoms with Crippen molar-refractivity contribution >= 4 is 39.2 Å². The number of halogens is 1. The molecule has 0 atom stereocenters. The van der Waals surface area contributed by atoms with Gasteiger partial charge in [0.05, 0.1) is 0 Å². The van der Waals surface area contributed by atoms with Crippen LogP contribution in [0.15, 0.2) is 12.1 Å². The summed E-state index contributed by atoms with van der Waals surface area (Å²) >= 11 is 1.42. The molecule has 12 heavy (non-hydrogen) atoms. The van der Waals surface area contributed by atoms with Crippen molar-refractivity contribution in [1.82, 2.24) is 9.97 Å². The van der Waals surface area contributed by atoms with E-state index < -0.39 is 0 Å². The van der Waals surface area contributed by atoms with Crippen LogP contribution in [-0.2, 0) is 0 Å². The molecule has 0 radical (unpaired) electrons. The van der Waals surface area contributed by atoms with E-state index in [0.29, 0.717) is 5.13 Å². The zero-order chi connectivity index (χ0) is 7.84. The molecule has 0 aliphatic heterocycles. The van der Waals surface area contributed by atoms with Gasteiger partial charge in [-0.25, -0.2) is 9.97 Å². The maximum absolute atomic E-state index is 5.51. The Bertz CT molecular complexity index is 398. The molecule has 0 saturated carbocycles. The maximum Gasteiger partial charge on any atom is 0.182 e. The average molecular weight is 202 g/mol. The van der Waals surface area contributed by atoms with E-state index in [9.17, 15) is 0 Å². The molecule has 0 unspecified atom stereocenters. The lowest BCUT2D eigenvalue weighted by molar-refractivity contribution is 1.26. The van der Waals surface area contributed by atoms with Crippen LogP contribution < -0.4 is 5.73 Å². The lowest BCUT2D eigenvalue weighted by atomic mass is 10.4. The molecule has 0 aromatic carbocycles. The first-order valence-electron chi connectivity index (χ1n) is 3.25. The highest BCUT2D eigenvalue weighted by atomic mass is 35.5. The van der Waals surface area contributed by atoms with E-state index in [0.717, 1.165) is 16.0 Å². The molecule has 2 aromatic rings. The van der Waals surface area contributed by atoms with Crippen LogP contribution >= 0.6 is 23.7 Å². The normalized spacial score (nSPS) is 9.75. The number of rotatable bonds is 0. The quantitative estimate of drug-likeness (QED) is 0.710. The summed E-state index contributed by atoms with van der Waals surface area (Å²) in [6.07, 6.45) is 0. The molecule has 0 spiro atoms. The Hall–Kier alpha value is -0.870. The van der Waals surface area contributed by atoms with Crippen LogP contribution in [0.2, 0.25) is 0 Å². The molecule has 0 aliphatic carbocycles. The lowest BCUT2D eigenvalue weighted by Gasteiger charge is -1.87. The highest BCUT2D eigenvalue weighted by Crippen LogP contribution is 2.21. The molecule has 2 aromatic heterocycles. The van der Waals surface area contributed by atoms with Crippen molar-refractivity contribution in [2.75, 3.05) is 5.73 Å². The number of nitrogens with two attached hydrogens (primary N) is 1. The van der Waals surface area contributed by atoms with Gasteiger partial charge in [0.1, 0.15) is 10.3 Å². The lowest BCUT2D eigenvalue weighted by Crippen LogP contribution is -1.79. The van der Waals surface area contributed by atoms with E-state index in [1.165, 1.54) is 11.3 Å². The summed E-state index contributed by atoms with van der Waals surface area (Å²) in [5, 5.41) is 0.582. The summed E-state index contributed by atoms with van der Waals surface area (Å²) in [6, 6.07) is 3.87. The smallest absolute Gasteiger partial charge is 0.182 e. The van der Waals surface area contributed by atoms with Gasteiger partial charge in [0.25, 0.3) is 0 Å². The first-order chi connectivity index (χ1) is 5.25. The fraction of sp³-hybridized carbons (Fsp3) is 0.143. The molecule has 0 fully saturated rings. The molecular formula is C7H8ClN3S. The minimum Gasteiger partial charge on any atom is -0.375 e. The first kappa shape index (κ1) is 9.22. The van der Waals surface area contributed by atoms with Crippen LogP contribution in [0.3, 0.4) is 0 Å². The average Bonchev–Trinajstić information content (AvgIpc) is 2.27.